The molecule has 0 aromatic rings. The molecule has 9 heteroatoms. The average Bonchev–Trinajstić information content (AvgIpc) is 2.66. The van der Waals surface area contributed by atoms with Crippen molar-refractivity contribution in [3.63, 3.8) is 0 Å². The quantitative estimate of drug-likeness (QED) is 0.213. The normalized spacial score (nSPS) is 12.3. The molecule has 152 valence electrons. The van der Waals surface area contributed by atoms with Crippen molar-refractivity contribution >= 4 is 29.9 Å². The highest BCUT2D eigenvalue weighted by atomic mass is 16.2. The highest BCUT2D eigenvalue weighted by Crippen LogP contribution is 2.07. The van der Waals surface area contributed by atoms with Gasteiger partial charge in [-0.1, -0.05) is 32.8 Å². The van der Waals surface area contributed by atoms with Gasteiger partial charge in [-0.15, -0.1) is 6.58 Å². The van der Waals surface area contributed by atoms with Crippen LogP contribution in [-0.2, 0) is 24.0 Å². The SMILES string of the molecule is C=CCNC(=O)C(=O)C(CCCC)NC(=O)C(CC)N(C)C(=O)CNC=O. The zero-order valence-electron chi connectivity index (χ0n) is 16.2. The van der Waals surface area contributed by atoms with Crippen molar-refractivity contribution in [2.75, 3.05) is 20.1 Å². The summed E-state index contributed by atoms with van der Waals surface area (Å²) >= 11 is 0. The van der Waals surface area contributed by atoms with Crippen LogP contribution in [0, 0.1) is 0 Å². The summed E-state index contributed by atoms with van der Waals surface area (Å²) in [7, 11) is 1.45. The predicted octanol–water partition coefficient (Wildman–Crippen LogP) is -0.484. The molecule has 0 rings (SSSR count). The minimum atomic E-state index is -0.965. The van der Waals surface area contributed by atoms with E-state index in [1.54, 1.807) is 6.92 Å². The standard InChI is InChI=1S/C18H30N4O5/c1-5-8-9-13(16(25)18(27)20-10-6-2)21-17(26)14(7-3)22(4)15(24)11-19-12-23/h6,12-14H,2,5,7-11H2,1,3-4H3,(H,19,23)(H,20,27)(H,21,26). The molecule has 0 aliphatic rings. The Bertz CT molecular complexity index is 550. The first-order valence-corrected chi connectivity index (χ1v) is 8.99. The summed E-state index contributed by atoms with van der Waals surface area (Å²) < 4.78 is 0. The molecule has 0 fully saturated rings. The summed E-state index contributed by atoms with van der Waals surface area (Å²) in [6.45, 7) is 7.04. The number of carbonyl (C=O) groups is 5. The molecule has 9 nitrogen and oxygen atoms in total. The van der Waals surface area contributed by atoms with E-state index in [4.69, 9.17) is 0 Å². The van der Waals surface area contributed by atoms with Crippen LogP contribution in [-0.4, -0.2) is 67.0 Å². The summed E-state index contributed by atoms with van der Waals surface area (Å²) in [5.41, 5.74) is 0. The van der Waals surface area contributed by atoms with Gasteiger partial charge in [0.25, 0.3) is 5.91 Å². The molecule has 0 aromatic carbocycles. The van der Waals surface area contributed by atoms with Crippen LogP contribution in [0.5, 0.6) is 0 Å². The largest absolute Gasteiger partial charge is 0.350 e. The van der Waals surface area contributed by atoms with Gasteiger partial charge >= 0.3 is 0 Å². The summed E-state index contributed by atoms with van der Waals surface area (Å²) in [5, 5.41) is 7.25. The number of carbonyl (C=O) groups excluding carboxylic acids is 5. The van der Waals surface area contributed by atoms with E-state index in [1.807, 2.05) is 6.92 Å². The van der Waals surface area contributed by atoms with Gasteiger partial charge in [0.2, 0.25) is 24.0 Å². The molecule has 0 radical (unpaired) electrons. The lowest BCUT2D eigenvalue weighted by Gasteiger charge is -2.28. The number of amides is 4. The highest BCUT2D eigenvalue weighted by molar-refractivity contribution is 6.38. The Kier molecular flexibility index (Phi) is 12.1. The van der Waals surface area contributed by atoms with Crippen molar-refractivity contribution in [1.29, 1.82) is 0 Å². The molecule has 4 amide bonds. The summed E-state index contributed by atoms with van der Waals surface area (Å²) in [5.74, 6) is -2.48. The van der Waals surface area contributed by atoms with E-state index >= 15 is 0 Å². The first-order chi connectivity index (χ1) is 12.8. The van der Waals surface area contributed by atoms with Gasteiger partial charge < -0.3 is 20.9 Å². The molecule has 2 unspecified atom stereocenters. The van der Waals surface area contributed by atoms with Gasteiger partial charge in [0, 0.05) is 13.6 Å². The summed E-state index contributed by atoms with van der Waals surface area (Å²) in [4.78, 5) is 60.4. The Labute approximate surface area is 159 Å². The van der Waals surface area contributed by atoms with Gasteiger partial charge in [0.1, 0.15) is 6.04 Å². The third kappa shape index (κ3) is 8.48. The fraction of sp³-hybridized carbons (Fsp3) is 0.611. The second-order valence-corrected chi connectivity index (χ2v) is 5.99. The Hall–Kier alpha value is -2.71. The third-order valence-corrected chi connectivity index (χ3v) is 4.00. The van der Waals surface area contributed by atoms with E-state index in [9.17, 15) is 24.0 Å². The van der Waals surface area contributed by atoms with E-state index < -0.39 is 35.6 Å². The number of hydrogen-bond acceptors (Lipinski definition) is 5. The molecule has 3 N–H and O–H groups in total. The number of rotatable bonds is 14. The zero-order valence-corrected chi connectivity index (χ0v) is 16.2. The minimum absolute atomic E-state index is 0.150. The maximum absolute atomic E-state index is 12.6. The molecule has 27 heavy (non-hydrogen) atoms. The number of likely N-dealkylation sites (N-methyl/N-ethyl adjacent to an activating group) is 1. The van der Waals surface area contributed by atoms with E-state index in [1.165, 1.54) is 18.0 Å². The molecule has 0 spiro atoms. The number of nitrogens with one attached hydrogen (secondary N) is 3. The molecular formula is C18H30N4O5. The fourth-order valence-corrected chi connectivity index (χ4v) is 2.42. The first-order valence-electron chi connectivity index (χ1n) is 8.99. The van der Waals surface area contributed by atoms with Crippen molar-refractivity contribution in [2.24, 2.45) is 0 Å². The van der Waals surface area contributed by atoms with Gasteiger partial charge in [-0.2, -0.15) is 0 Å². The van der Waals surface area contributed by atoms with Crippen LogP contribution < -0.4 is 16.0 Å². The van der Waals surface area contributed by atoms with E-state index in [0.717, 1.165) is 6.42 Å². The van der Waals surface area contributed by atoms with Gasteiger partial charge in [-0.05, 0) is 12.8 Å². The van der Waals surface area contributed by atoms with Crippen LogP contribution in [0.15, 0.2) is 12.7 Å². The smallest absolute Gasteiger partial charge is 0.289 e. The Morgan fingerprint density at radius 1 is 1.19 bits per heavy atom. The van der Waals surface area contributed by atoms with Crippen LogP contribution in [0.3, 0.4) is 0 Å². The first kappa shape index (κ1) is 24.3. The number of ketones is 1. The number of hydrogen-bond donors (Lipinski definition) is 3. The molecule has 0 saturated carbocycles. The monoisotopic (exact) mass is 382 g/mol. The maximum Gasteiger partial charge on any atom is 0.289 e. The minimum Gasteiger partial charge on any atom is -0.350 e. The molecule has 0 bridgehead atoms. The van der Waals surface area contributed by atoms with Crippen molar-refractivity contribution in [3.05, 3.63) is 12.7 Å². The van der Waals surface area contributed by atoms with Crippen LogP contribution in [0.25, 0.3) is 0 Å². The van der Waals surface area contributed by atoms with Crippen LogP contribution in [0.1, 0.15) is 39.5 Å². The molecular weight excluding hydrogens is 352 g/mol. The predicted molar refractivity (Wildman–Crippen MR) is 101 cm³/mol. The van der Waals surface area contributed by atoms with Crippen LogP contribution in [0.2, 0.25) is 0 Å². The van der Waals surface area contributed by atoms with E-state index in [0.29, 0.717) is 25.7 Å². The van der Waals surface area contributed by atoms with Gasteiger partial charge in [0.05, 0.1) is 12.6 Å². The molecule has 0 aromatic heterocycles. The summed E-state index contributed by atoms with van der Waals surface area (Å²) in [6.07, 6.45) is 3.93. The number of Topliss-reactive ketones (excluding diaryl/α,β-unsaturated/α-hetero) is 1. The Morgan fingerprint density at radius 2 is 1.85 bits per heavy atom. The van der Waals surface area contributed by atoms with Crippen LogP contribution >= 0.6 is 0 Å². The van der Waals surface area contributed by atoms with Gasteiger partial charge in [-0.3, -0.25) is 24.0 Å². The highest BCUT2D eigenvalue weighted by Gasteiger charge is 2.31. The second kappa shape index (κ2) is 13.5. The second-order valence-electron chi connectivity index (χ2n) is 5.99. The van der Waals surface area contributed by atoms with Crippen molar-refractivity contribution in [1.82, 2.24) is 20.9 Å². The number of nitrogens with zero attached hydrogens (tertiary/aromatic N) is 1. The lowest BCUT2D eigenvalue weighted by Crippen LogP contribution is -2.54. The topological polar surface area (TPSA) is 125 Å². The molecule has 0 aliphatic carbocycles. The maximum atomic E-state index is 12.6. The lowest BCUT2D eigenvalue weighted by molar-refractivity contribution is -0.142. The molecule has 0 saturated heterocycles. The third-order valence-electron chi connectivity index (χ3n) is 4.00. The molecule has 0 heterocycles. The van der Waals surface area contributed by atoms with Crippen molar-refractivity contribution < 1.29 is 24.0 Å². The molecule has 2 atom stereocenters. The van der Waals surface area contributed by atoms with Crippen LogP contribution in [0.4, 0.5) is 0 Å². The lowest BCUT2D eigenvalue weighted by atomic mass is 10.0. The Morgan fingerprint density at radius 3 is 2.37 bits per heavy atom. The van der Waals surface area contributed by atoms with Gasteiger partial charge in [-0.25, -0.2) is 0 Å². The van der Waals surface area contributed by atoms with E-state index in [2.05, 4.69) is 22.5 Å². The van der Waals surface area contributed by atoms with E-state index in [-0.39, 0.29) is 13.1 Å². The van der Waals surface area contributed by atoms with Crippen molar-refractivity contribution in [2.45, 2.75) is 51.6 Å². The Balaban J connectivity index is 5.14. The zero-order chi connectivity index (χ0) is 20.8. The molecule has 0 aliphatic heterocycles. The fourth-order valence-electron chi connectivity index (χ4n) is 2.42. The summed E-state index contributed by atoms with van der Waals surface area (Å²) in [6, 6.07) is -1.79. The van der Waals surface area contributed by atoms with Crippen molar-refractivity contribution in [3.8, 4) is 0 Å². The number of unbranched alkanes of at least 4 members (excludes halogenated alkanes) is 1. The average molecular weight is 382 g/mol. The van der Waals surface area contributed by atoms with Gasteiger partial charge in [0.15, 0.2) is 0 Å².